The molecule has 2 atom stereocenters. The first-order valence-electron chi connectivity index (χ1n) is 8.81. The molecule has 1 amide bonds. The number of benzene rings is 1. The molecular weight excluding hydrogens is 407 g/mol. The number of amides is 1. The van der Waals surface area contributed by atoms with Gasteiger partial charge in [-0.2, -0.15) is 18.4 Å². The van der Waals surface area contributed by atoms with Gasteiger partial charge in [-0.3, -0.25) is 9.59 Å². The first-order chi connectivity index (χ1) is 13.7. The van der Waals surface area contributed by atoms with Crippen LogP contribution in [0.3, 0.4) is 0 Å². The van der Waals surface area contributed by atoms with Crippen molar-refractivity contribution in [3.8, 4) is 17.3 Å². The molecule has 2 aromatic rings. The second-order valence-electron chi connectivity index (χ2n) is 6.78. The molecule has 2 unspecified atom stereocenters. The van der Waals surface area contributed by atoms with Gasteiger partial charge in [-0.25, -0.2) is 4.98 Å². The van der Waals surface area contributed by atoms with E-state index in [9.17, 15) is 28.0 Å². The number of anilines is 1. The molecule has 0 radical (unpaired) electrons. The van der Waals surface area contributed by atoms with Crippen LogP contribution in [0.15, 0.2) is 24.3 Å². The van der Waals surface area contributed by atoms with E-state index in [1.165, 1.54) is 12.1 Å². The minimum absolute atomic E-state index is 0.0611. The Morgan fingerprint density at radius 3 is 2.66 bits per heavy atom. The maximum Gasteiger partial charge on any atom is 0.416 e. The molecule has 1 saturated carbocycles. The molecule has 1 aliphatic rings. The number of hydrogen-bond donors (Lipinski definition) is 2. The summed E-state index contributed by atoms with van der Waals surface area (Å²) in [6.45, 7) is 0. The van der Waals surface area contributed by atoms with Gasteiger partial charge in [0.05, 0.1) is 11.5 Å². The lowest BCUT2D eigenvalue weighted by molar-refractivity contribution is -0.143. The van der Waals surface area contributed by atoms with Crippen LogP contribution < -0.4 is 5.32 Å². The summed E-state index contributed by atoms with van der Waals surface area (Å²) in [6.07, 6.45) is -2.62. The van der Waals surface area contributed by atoms with Crippen LogP contribution in [0.1, 0.15) is 36.1 Å². The highest BCUT2D eigenvalue weighted by atomic mass is 32.1. The lowest BCUT2D eigenvalue weighted by Crippen LogP contribution is -2.30. The first-order valence-corrected chi connectivity index (χ1v) is 9.63. The van der Waals surface area contributed by atoms with Gasteiger partial charge in [0, 0.05) is 11.5 Å². The summed E-state index contributed by atoms with van der Waals surface area (Å²) in [7, 11) is 0. The van der Waals surface area contributed by atoms with Crippen molar-refractivity contribution in [2.75, 3.05) is 5.32 Å². The molecule has 0 spiro atoms. The SMILES string of the molecule is N#Cc1sc(NC(=O)C2CCCC(C(=O)O)C2)nc1-c1cccc(C(F)(F)F)c1. The largest absolute Gasteiger partial charge is 0.481 e. The molecule has 1 fully saturated rings. The average Bonchev–Trinajstić information content (AvgIpc) is 3.10. The molecule has 2 N–H and O–H groups in total. The molecule has 1 aliphatic carbocycles. The minimum Gasteiger partial charge on any atom is -0.481 e. The fourth-order valence-corrected chi connectivity index (χ4v) is 4.14. The predicted molar refractivity (Wildman–Crippen MR) is 99.0 cm³/mol. The molecule has 1 heterocycles. The van der Waals surface area contributed by atoms with Crippen molar-refractivity contribution < 1.29 is 27.9 Å². The van der Waals surface area contributed by atoms with Crippen molar-refractivity contribution in [3.05, 3.63) is 34.7 Å². The molecule has 10 heteroatoms. The number of nitriles is 1. The number of alkyl halides is 3. The summed E-state index contributed by atoms with van der Waals surface area (Å²) in [6, 6.07) is 6.36. The third kappa shape index (κ3) is 4.74. The van der Waals surface area contributed by atoms with E-state index in [-0.39, 0.29) is 27.7 Å². The van der Waals surface area contributed by atoms with E-state index in [0.29, 0.717) is 19.3 Å². The maximum absolute atomic E-state index is 13.0. The van der Waals surface area contributed by atoms with E-state index in [0.717, 1.165) is 23.5 Å². The second-order valence-corrected chi connectivity index (χ2v) is 7.77. The summed E-state index contributed by atoms with van der Waals surface area (Å²) in [4.78, 5) is 27.9. The summed E-state index contributed by atoms with van der Waals surface area (Å²) < 4.78 is 38.9. The van der Waals surface area contributed by atoms with E-state index in [1.807, 2.05) is 6.07 Å². The predicted octanol–water partition coefficient (Wildman–Crippen LogP) is 4.53. The number of carbonyl (C=O) groups is 2. The number of halogens is 3. The number of carboxylic acids is 1. The van der Waals surface area contributed by atoms with Crippen LogP contribution in [-0.4, -0.2) is 22.0 Å². The van der Waals surface area contributed by atoms with E-state index in [1.54, 1.807) is 0 Å². The van der Waals surface area contributed by atoms with Crippen LogP contribution in [0.25, 0.3) is 11.3 Å². The van der Waals surface area contributed by atoms with Gasteiger partial charge in [-0.1, -0.05) is 29.9 Å². The minimum atomic E-state index is -4.53. The van der Waals surface area contributed by atoms with Crippen molar-refractivity contribution in [1.29, 1.82) is 5.26 Å². The molecule has 29 heavy (non-hydrogen) atoms. The third-order valence-electron chi connectivity index (χ3n) is 4.82. The zero-order valence-corrected chi connectivity index (χ0v) is 15.8. The monoisotopic (exact) mass is 423 g/mol. The smallest absolute Gasteiger partial charge is 0.416 e. The number of carboxylic acid groups (broad SMARTS) is 1. The number of carbonyl (C=O) groups excluding carboxylic acids is 1. The van der Waals surface area contributed by atoms with Gasteiger partial charge in [-0.05, 0) is 31.4 Å². The van der Waals surface area contributed by atoms with E-state index < -0.39 is 35.5 Å². The summed E-state index contributed by atoms with van der Waals surface area (Å²) in [5.74, 6) is -2.40. The third-order valence-corrected chi connectivity index (χ3v) is 5.69. The van der Waals surface area contributed by atoms with Crippen LogP contribution >= 0.6 is 11.3 Å². The van der Waals surface area contributed by atoms with Crippen LogP contribution in [0.5, 0.6) is 0 Å². The molecule has 0 bridgehead atoms. The summed E-state index contributed by atoms with van der Waals surface area (Å²) in [5, 5.41) is 21.1. The quantitative estimate of drug-likeness (QED) is 0.752. The van der Waals surface area contributed by atoms with E-state index in [2.05, 4.69) is 10.3 Å². The Balaban J connectivity index is 1.81. The zero-order chi connectivity index (χ0) is 21.2. The van der Waals surface area contributed by atoms with E-state index >= 15 is 0 Å². The highest BCUT2D eigenvalue weighted by Crippen LogP contribution is 2.36. The van der Waals surface area contributed by atoms with Crippen LogP contribution in [-0.2, 0) is 15.8 Å². The van der Waals surface area contributed by atoms with Crippen LogP contribution in [0.2, 0.25) is 0 Å². The van der Waals surface area contributed by atoms with Crippen molar-refractivity contribution in [3.63, 3.8) is 0 Å². The van der Waals surface area contributed by atoms with Crippen LogP contribution in [0, 0.1) is 23.2 Å². The zero-order valence-electron chi connectivity index (χ0n) is 15.0. The van der Waals surface area contributed by atoms with Gasteiger partial charge in [0.1, 0.15) is 16.6 Å². The Labute approximate surface area is 168 Å². The molecule has 152 valence electrons. The molecule has 1 aromatic carbocycles. The number of aliphatic carboxylic acids is 1. The lowest BCUT2D eigenvalue weighted by Gasteiger charge is -2.25. The molecule has 0 saturated heterocycles. The van der Waals surface area contributed by atoms with Gasteiger partial charge < -0.3 is 10.4 Å². The maximum atomic E-state index is 13.0. The Hall–Kier alpha value is -2.93. The first kappa shape index (κ1) is 20.8. The standard InChI is InChI=1S/C19H16F3N3O3S/c20-19(21,22)13-6-2-3-10(8-13)15-14(9-23)29-18(24-15)25-16(26)11-4-1-5-12(7-11)17(27)28/h2-3,6,8,11-12H,1,4-5,7H2,(H,27,28)(H,24,25,26). The average molecular weight is 423 g/mol. The van der Waals surface area contributed by atoms with Gasteiger partial charge in [0.2, 0.25) is 5.91 Å². The Bertz CT molecular complexity index is 981. The Kier molecular flexibility index (Phi) is 5.88. The van der Waals surface area contributed by atoms with Gasteiger partial charge >= 0.3 is 12.1 Å². The molecule has 3 rings (SSSR count). The lowest BCUT2D eigenvalue weighted by atomic mass is 9.81. The number of nitrogens with one attached hydrogen (secondary N) is 1. The Morgan fingerprint density at radius 1 is 1.28 bits per heavy atom. The highest BCUT2D eigenvalue weighted by molar-refractivity contribution is 7.16. The number of nitrogens with zero attached hydrogens (tertiary/aromatic N) is 2. The molecule has 1 aromatic heterocycles. The van der Waals surface area contributed by atoms with Crippen molar-refractivity contribution in [2.24, 2.45) is 11.8 Å². The van der Waals surface area contributed by atoms with E-state index in [4.69, 9.17) is 5.11 Å². The molecular formula is C19H16F3N3O3S. The highest BCUT2D eigenvalue weighted by Gasteiger charge is 2.32. The molecule has 0 aliphatic heterocycles. The summed E-state index contributed by atoms with van der Waals surface area (Å²) >= 11 is 0.865. The number of thiazole rings is 1. The topological polar surface area (TPSA) is 103 Å². The van der Waals surface area contributed by atoms with Crippen molar-refractivity contribution in [1.82, 2.24) is 4.98 Å². The van der Waals surface area contributed by atoms with Crippen molar-refractivity contribution >= 4 is 28.3 Å². The normalized spacial score (nSPS) is 19.4. The van der Waals surface area contributed by atoms with Gasteiger partial charge in [0.15, 0.2) is 5.13 Å². The fourth-order valence-electron chi connectivity index (χ4n) is 3.35. The Morgan fingerprint density at radius 2 is 2.00 bits per heavy atom. The second kappa shape index (κ2) is 8.21. The number of aromatic nitrogens is 1. The van der Waals surface area contributed by atoms with Gasteiger partial charge in [0.25, 0.3) is 0 Å². The van der Waals surface area contributed by atoms with Crippen LogP contribution in [0.4, 0.5) is 18.3 Å². The van der Waals surface area contributed by atoms with Gasteiger partial charge in [-0.15, -0.1) is 0 Å². The molecule has 6 nitrogen and oxygen atoms in total. The number of hydrogen-bond acceptors (Lipinski definition) is 5. The number of rotatable bonds is 4. The van der Waals surface area contributed by atoms with Crippen molar-refractivity contribution in [2.45, 2.75) is 31.9 Å². The fraction of sp³-hybridized carbons (Fsp3) is 0.368. The summed E-state index contributed by atoms with van der Waals surface area (Å²) in [5.41, 5.74) is -0.679.